The van der Waals surface area contributed by atoms with E-state index in [0.29, 0.717) is 17.4 Å². The van der Waals surface area contributed by atoms with Crippen molar-refractivity contribution in [1.29, 1.82) is 0 Å². The number of phosphoric acid groups is 1. The summed E-state index contributed by atoms with van der Waals surface area (Å²) in [5.41, 5.74) is 3.68. The standard InChI is InChI=1S/C29H40NO4P/c1-30(2,3)24-26-34-35(31,32)33-25-14-7-6-11-19-29-22-20-28(21-23-29)18-10-5-4-9-15-27-16-12-8-13-17-27/h4-5,8-10,12-13,15-18,20-23H,6-7,11,14,19,24-26H2,1-3H3/b5-4+,15-9+,18-10+. The molecule has 2 aromatic carbocycles. The summed E-state index contributed by atoms with van der Waals surface area (Å²) in [6.45, 7) is 0.932. The first-order valence-electron chi connectivity index (χ1n) is 12.3. The van der Waals surface area contributed by atoms with E-state index in [1.165, 1.54) is 16.7 Å². The predicted molar refractivity (Wildman–Crippen MR) is 145 cm³/mol. The number of likely N-dealkylation sites (N-methyl/N-ethyl adjacent to an activating group) is 1. The second-order valence-corrected chi connectivity index (χ2v) is 11.0. The van der Waals surface area contributed by atoms with E-state index in [4.69, 9.17) is 9.05 Å². The molecule has 5 nitrogen and oxygen atoms in total. The Labute approximate surface area is 211 Å². The van der Waals surface area contributed by atoms with Gasteiger partial charge in [0.15, 0.2) is 0 Å². The second kappa shape index (κ2) is 15.7. The monoisotopic (exact) mass is 497 g/mol. The summed E-state index contributed by atoms with van der Waals surface area (Å²) in [6, 6.07) is 18.8. The van der Waals surface area contributed by atoms with Gasteiger partial charge < -0.3 is 18.4 Å². The lowest BCUT2D eigenvalue weighted by Gasteiger charge is -2.27. The topological polar surface area (TPSA) is 58.6 Å². The molecule has 2 aromatic rings. The summed E-state index contributed by atoms with van der Waals surface area (Å²) < 4.78 is 22.3. The van der Waals surface area contributed by atoms with Crippen LogP contribution in [0.25, 0.3) is 12.2 Å². The molecule has 0 bridgehead atoms. The van der Waals surface area contributed by atoms with Crippen LogP contribution >= 0.6 is 7.82 Å². The van der Waals surface area contributed by atoms with E-state index in [-0.39, 0.29) is 13.2 Å². The molecule has 0 saturated heterocycles. The molecule has 0 amide bonds. The highest BCUT2D eigenvalue weighted by molar-refractivity contribution is 7.45. The van der Waals surface area contributed by atoms with Crippen LogP contribution in [0.15, 0.2) is 78.9 Å². The molecule has 1 atom stereocenters. The molecule has 0 aliphatic rings. The minimum atomic E-state index is -4.19. The van der Waals surface area contributed by atoms with E-state index in [1.807, 2.05) is 63.6 Å². The zero-order valence-electron chi connectivity index (χ0n) is 21.3. The molecule has 2 rings (SSSR count). The number of allylic oxidation sites excluding steroid dienone is 4. The molecule has 0 radical (unpaired) electrons. The quantitative estimate of drug-likeness (QED) is 0.119. The first-order valence-corrected chi connectivity index (χ1v) is 13.8. The Hall–Kier alpha value is -2.27. The average Bonchev–Trinajstić information content (AvgIpc) is 2.81. The number of quaternary nitrogens is 1. The van der Waals surface area contributed by atoms with Gasteiger partial charge >= 0.3 is 0 Å². The molecular weight excluding hydrogens is 457 g/mol. The normalized spacial score (nSPS) is 14.3. The Morgan fingerprint density at radius 3 is 1.94 bits per heavy atom. The number of benzene rings is 2. The van der Waals surface area contributed by atoms with Gasteiger partial charge in [-0.3, -0.25) is 4.57 Å². The van der Waals surface area contributed by atoms with Crippen LogP contribution in [0.2, 0.25) is 0 Å². The van der Waals surface area contributed by atoms with E-state index in [2.05, 4.69) is 48.6 Å². The highest BCUT2D eigenvalue weighted by Gasteiger charge is 2.12. The lowest BCUT2D eigenvalue weighted by Crippen LogP contribution is -2.37. The van der Waals surface area contributed by atoms with Crippen molar-refractivity contribution in [2.24, 2.45) is 0 Å². The van der Waals surface area contributed by atoms with Crippen LogP contribution in [-0.4, -0.2) is 45.4 Å². The van der Waals surface area contributed by atoms with Gasteiger partial charge in [0, 0.05) is 0 Å². The fourth-order valence-corrected chi connectivity index (χ4v) is 3.98. The minimum absolute atomic E-state index is 0.141. The van der Waals surface area contributed by atoms with Crippen LogP contribution < -0.4 is 4.89 Å². The van der Waals surface area contributed by atoms with Gasteiger partial charge in [-0.2, -0.15) is 0 Å². The molecule has 0 heterocycles. The van der Waals surface area contributed by atoms with Crippen LogP contribution in [0.5, 0.6) is 0 Å². The van der Waals surface area contributed by atoms with Crippen molar-refractivity contribution in [3.63, 3.8) is 0 Å². The zero-order valence-corrected chi connectivity index (χ0v) is 22.2. The number of nitrogens with zero attached hydrogens (tertiary/aromatic N) is 1. The Bertz CT molecular complexity index is 976. The highest BCUT2D eigenvalue weighted by atomic mass is 31.2. The van der Waals surface area contributed by atoms with Gasteiger partial charge in [-0.15, -0.1) is 0 Å². The first kappa shape index (κ1) is 29.0. The van der Waals surface area contributed by atoms with Crippen molar-refractivity contribution in [1.82, 2.24) is 0 Å². The minimum Gasteiger partial charge on any atom is -0.756 e. The largest absolute Gasteiger partial charge is 0.756 e. The maximum atomic E-state index is 11.7. The SMILES string of the molecule is C[N+](C)(C)CCOP(=O)([O-])OCCCCCCc1ccc(/C=C/C=C/C=C/c2ccccc2)cc1. The molecule has 0 saturated carbocycles. The third-order valence-electron chi connectivity index (χ3n) is 5.31. The summed E-state index contributed by atoms with van der Waals surface area (Å²) in [6.07, 6.45) is 17.1. The summed E-state index contributed by atoms with van der Waals surface area (Å²) in [7, 11) is 1.76. The van der Waals surface area contributed by atoms with Gasteiger partial charge in [0.05, 0.1) is 27.7 Å². The number of unbranched alkanes of at least 4 members (excludes halogenated alkanes) is 3. The summed E-state index contributed by atoms with van der Waals surface area (Å²) in [5.74, 6) is 0. The van der Waals surface area contributed by atoms with Crippen molar-refractivity contribution in [3.05, 3.63) is 95.6 Å². The van der Waals surface area contributed by atoms with Crippen molar-refractivity contribution < 1.29 is 23.0 Å². The molecule has 0 aromatic heterocycles. The average molecular weight is 498 g/mol. The molecule has 0 spiro atoms. The maximum Gasteiger partial charge on any atom is 0.268 e. The molecule has 0 aliphatic carbocycles. The fraction of sp³-hybridized carbons (Fsp3) is 0.379. The van der Waals surface area contributed by atoms with Crippen LogP contribution in [0.3, 0.4) is 0 Å². The Balaban J connectivity index is 1.56. The molecule has 190 valence electrons. The molecule has 35 heavy (non-hydrogen) atoms. The van der Waals surface area contributed by atoms with Gasteiger partial charge in [-0.1, -0.05) is 104 Å². The Morgan fingerprint density at radius 2 is 1.31 bits per heavy atom. The molecular formula is C29H40NO4P. The number of aryl methyl sites for hydroxylation is 1. The number of hydrogen-bond acceptors (Lipinski definition) is 4. The van der Waals surface area contributed by atoms with E-state index >= 15 is 0 Å². The molecule has 0 N–H and O–H groups in total. The summed E-state index contributed by atoms with van der Waals surface area (Å²) >= 11 is 0. The van der Waals surface area contributed by atoms with Crippen molar-refractivity contribution >= 4 is 20.0 Å². The number of phosphoric ester groups is 1. The zero-order chi connectivity index (χ0) is 25.4. The molecule has 0 aliphatic heterocycles. The van der Waals surface area contributed by atoms with Crippen molar-refractivity contribution in [2.45, 2.75) is 32.1 Å². The third kappa shape index (κ3) is 14.7. The van der Waals surface area contributed by atoms with Gasteiger partial charge in [-0.05, 0) is 36.0 Å². The molecule has 0 fully saturated rings. The summed E-state index contributed by atoms with van der Waals surface area (Å²) in [5, 5.41) is 0. The van der Waals surface area contributed by atoms with E-state index in [1.54, 1.807) is 0 Å². The van der Waals surface area contributed by atoms with Gasteiger partial charge in [-0.25, -0.2) is 0 Å². The molecule has 1 unspecified atom stereocenters. The lowest BCUT2D eigenvalue weighted by molar-refractivity contribution is -0.870. The van der Waals surface area contributed by atoms with Crippen LogP contribution in [0.4, 0.5) is 0 Å². The number of rotatable bonds is 16. The van der Waals surface area contributed by atoms with Crippen LogP contribution in [0.1, 0.15) is 42.4 Å². The van der Waals surface area contributed by atoms with Gasteiger partial charge in [0.2, 0.25) is 0 Å². The number of hydrogen-bond donors (Lipinski definition) is 0. The van der Waals surface area contributed by atoms with Crippen molar-refractivity contribution in [2.75, 3.05) is 40.9 Å². The van der Waals surface area contributed by atoms with Crippen LogP contribution in [0, 0.1) is 0 Å². The lowest BCUT2D eigenvalue weighted by atomic mass is 10.0. The molecule has 6 heteroatoms. The van der Waals surface area contributed by atoms with E-state index < -0.39 is 7.82 Å². The Morgan fingerprint density at radius 1 is 0.743 bits per heavy atom. The maximum absolute atomic E-state index is 11.7. The first-order chi connectivity index (χ1) is 16.7. The van der Waals surface area contributed by atoms with E-state index in [9.17, 15) is 9.46 Å². The Kier molecular flexibility index (Phi) is 13.0. The highest BCUT2D eigenvalue weighted by Crippen LogP contribution is 2.38. The fourth-order valence-electron chi connectivity index (χ4n) is 3.25. The predicted octanol–water partition coefficient (Wildman–Crippen LogP) is 6.28. The second-order valence-electron chi connectivity index (χ2n) is 9.55. The smallest absolute Gasteiger partial charge is 0.268 e. The van der Waals surface area contributed by atoms with Crippen LogP contribution in [-0.2, 0) is 20.0 Å². The third-order valence-corrected chi connectivity index (χ3v) is 6.31. The van der Waals surface area contributed by atoms with E-state index in [0.717, 1.165) is 25.7 Å². The van der Waals surface area contributed by atoms with Crippen molar-refractivity contribution in [3.8, 4) is 0 Å². The van der Waals surface area contributed by atoms with Gasteiger partial charge in [0.1, 0.15) is 13.2 Å². The van der Waals surface area contributed by atoms with Gasteiger partial charge in [0.25, 0.3) is 7.82 Å². The summed E-state index contributed by atoms with van der Waals surface area (Å²) in [4.78, 5) is 11.7.